The van der Waals surface area contributed by atoms with Crippen molar-refractivity contribution in [3.05, 3.63) is 33.8 Å². The van der Waals surface area contributed by atoms with E-state index in [1.807, 2.05) is 13.0 Å². The monoisotopic (exact) mass is 243 g/mol. The summed E-state index contributed by atoms with van der Waals surface area (Å²) < 4.78 is 0.877. The highest BCUT2D eigenvalue weighted by atomic mass is 79.9. The maximum Gasteiger partial charge on any atom is 0.325 e. The Bertz CT molecular complexity index is 338. The lowest BCUT2D eigenvalue weighted by Gasteiger charge is -2.10. The number of halogens is 1. The Morgan fingerprint density at radius 2 is 2.23 bits per heavy atom. The van der Waals surface area contributed by atoms with Gasteiger partial charge in [-0.2, -0.15) is 0 Å². The van der Waals surface area contributed by atoms with Crippen molar-refractivity contribution in [1.29, 1.82) is 0 Å². The minimum absolute atomic E-state index is 0.641. The fourth-order valence-electron chi connectivity index (χ4n) is 1.09. The number of benzene rings is 1. The zero-order chi connectivity index (χ0) is 10.0. The van der Waals surface area contributed by atoms with Crippen molar-refractivity contribution < 1.29 is 9.90 Å². The zero-order valence-corrected chi connectivity index (χ0v) is 8.71. The van der Waals surface area contributed by atoms with Gasteiger partial charge in [-0.3, -0.25) is 4.79 Å². The van der Waals surface area contributed by atoms with Gasteiger partial charge in [0.25, 0.3) is 0 Å². The summed E-state index contributed by atoms with van der Waals surface area (Å²) in [5.74, 6) is -1.01. The molecule has 1 aromatic rings. The lowest BCUT2D eigenvalue weighted by molar-refractivity contribution is -0.138. The molecule has 70 valence electrons. The SMILES string of the molecule is Cc1c(Br)cccc1[C@H](N)C(=O)O. The molecule has 0 unspecified atom stereocenters. The molecule has 0 aliphatic rings. The van der Waals surface area contributed by atoms with Gasteiger partial charge in [0.2, 0.25) is 0 Å². The third-order valence-electron chi connectivity index (χ3n) is 1.91. The molecule has 13 heavy (non-hydrogen) atoms. The van der Waals surface area contributed by atoms with Crippen molar-refractivity contribution in [2.75, 3.05) is 0 Å². The first kappa shape index (κ1) is 10.2. The second-order valence-electron chi connectivity index (χ2n) is 2.77. The van der Waals surface area contributed by atoms with E-state index in [1.54, 1.807) is 12.1 Å². The van der Waals surface area contributed by atoms with Gasteiger partial charge in [-0.25, -0.2) is 0 Å². The van der Waals surface area contributed by atoms with Gasteiger partial charge in [-0.05, 0) is 24.1 Å². The Kier molecular flexibility index (Phi) is 3.06. The van der Waals surface area contributed by atoms with E-state index in [2.05, 4.69) is 15.9 Å². The Balaban J connectivity index is 3.15. The van der Waals surface area contributed by atoms with Crippen LogP contribution in [0, 0.1) is 6.92 Å². The molecule has 0 saturated carbocycles. The van der Waals surface area contributed by atoms with Crippen LogP contribution in [0.25, 0.3) is 0 Å². The fourth-order valence-corrected chi connectivity index (χ4v) is 1.48. The summed E-state index contributed by atoms with van der Waals surface area (Å²) in [6.07, 6.45) is 0. The average Bonchev–Trinajstić information content (AvgIpc) is 2.08. The molecule has 1 atom stereocenters. The molecule has 0 saturated heterocycles. The summed E-state index contributed by atoms with van der Waals surface area (Å²) in [5.41, 5.74) is 7.00. The smallest absolute Gasteiger partial charge is 0.325 e. The molecule has 0 aliphatic carbocycles. The first-order valence-electron chi connectivity index (χ1n) is 3.77. The largest absolute Gasteiger partial charge is 0.480 e. The number of carboxylic acid groups (broad SMARTS) is 1. The molecule has 0 radical (unpaired) electrons. The van der Waals surface area contributed by atoms with Crippen LogP contribution >= 0.6 is 15.9 Å². The predicted octanol–water partition coefficient (Wildman–Crippen LogP) is 1.84. The molecular formula is C9H10BrNO2. The van der Waals surface area contributed by atoms with Crippen LogP contribution in [0.1, 0.15) is 17.2 Å². The molecule has 0 bridgehead atoms. The predicted molar refractivity (Wildman–Crippen MR) is 53.4 cm³/mol. The van der Waals surface area contributed by atoms with Crippen molar-refractivity contribution in [2.24, 2.45) is 5.73 Å². The van der Waals surface area contributed by atoms with E-state index in [0.717, 1.165) is 10.0 Å². The van der Waals surface area contributed by atoms with Crippen molar-refractivity contribution in [1.82, 2.24) is 0 Å². The van der Waals surface area contributed by atoms with Crippen LogP contribution in [0.5, 0.6) is 0 Å². The molecule has 4 heteroatoms. The molecule has 0 heterocycles. The highest BCUT2D eigenvalue weighted by Crippen LogP contribution is 2.23. The van der Waals surface area contributed by atoms with Crippen LogP contribution in [0.4, 0.5) is 0 Å². The van der Waals surface area contributed by atoms with Crippen molar-refractivity contribution in [2.45, 2.75) is 13.0 Å². The topological polar surface area (TPSA) is 63.3 Å². The summed E-state index contributed by atoms with van der Waals surface area (Å²) >= 11 is 3.31. The second kappa shape index (κ2) is 3.89. The maximum atomic E-state index is 10.6. The lowest BCUT2D eigenvalue weighted by Crippen LogP contribution is -2.21. The summed E-state index contributed by atoms with van der Waals surface area (Å²) in [5, 5.41) is 8.71. The van der Waals surface area contributed by atoms with E-state index in [0.29, 0.717) is 5.56 Å². The number of nitrogens with two attached hydrogens (primary N) is 1. The number of carbonyl (C=O) groups is 1. The minimum Gasteiger partial charge on any atom is -0.480 e. The maximum absolute atomic E-state index is 10.6. The molecule has 3 nitrogen and oxygen atoms in total. The summed E-state index contributed by atoms with van der Waals surface area (Å²) in [6.45, 7) is 1.84. The number of aliphatic carboxylic acids is 1. The highest BCUT2D eigenvalue weighted by molar-refractivity contribution is 9.10. The van der Waals surface area contributed by atoms with Crippen LogP contribution in [0.2, 0.25) is 0 Å². The average molecular weight is 244 g/mol. The minimum atomic E-state index is -1.01. The third kappa shape index (κ3) is 2.08. The highest BCUT2D eigenvalue weighted by Gasteiger charge is 2.16. The first-order valence-corrected chi connectivity index (χ1v) is 4.56. The van der Waals surface area contributed by atoms with E-state index in [1.165, 1.54) is 0 Å². The molecule has 3 N–H and O–H groups in total. The fraction of sp³-hybridized carbons (Fsp3) is 0.222. The van der Waals surface area contributed by atoms with Gasteiger partial charge in [-0.1, -0.05) is 28.1 Å². The molecule has 0 fully saturated rings. The number of carboxylic acids is 1. The van der Waals surface area contributed by atoms with Gasteiger partial charge in [-0.15, -0.1) is 0 Å². The van der Waals surface area contributed by atoms with E-state index in [4.69, 9.17) is 10.8 Å². The van der Waals surface area contributed by atoms with Gasteiger partial charge < -0.3 is 10.8 Å². The number of hydrogen-bond donors (Lipinski definition) is 2. The molecule has 0 amide bonds. The van der Waals surface area contributed by atoms with E-state index in [-0.39, 0.29) is 0 Å². The lowest BCUT2D eigenvalue weighted by atomic mass is 10.0. The Labute approximate surface area is 84.7 Å². The quantitative estimate of drug-likeness (QED) is 0.834. The van der Waals surface area contributed by atoms with E-state index >= 15 is 0 Å². The van der Waals surface area contributed by atoms with Crippen LogP contribution in [-0.2, 0) is 4.79 Å². The van der Waals surface area contributed by atoms with Crippen LogP contribution < -0.4 is 5.73 Å². The van der Waals surface area contributed by atoms with Crippen LogP contribution in [-0.4, -0.2) is 11.1 Å². The molecule has 0 spiro atoms. The number of hydrogen-bond acceptors (Lipinski definition) is 2. The van der Waals surface area contributed by atoms with E-state index < -0.39 is 12.0 Å². The summed E-state index contributed by atoms with van der Waals surface area (Å²) in [6, 6.07) is 4.40. The molecule has 1 rings (SSSR count). The van der Waals surface area contributed by atoms with Crippen LogP contribution in [0.3, 0.4) is 0 Å². The summed E-state index contributed by atoms with van der Waals surface area (Å²) in [7, 11) is 0. The molecule has 0 aliphatic heterocycles. The van der Waals surface area contributed by atoms with Crippen molar-refractivity contribution in [3.8, 4) is 0 Å². The molecule has 1 aromatic carbocycles. The summed E-state index contributed by atoms with van der Waals surface area (Å²) in [4.78, 5) is 10.6. The second-order valence-corrected chi connectivity index (χ2v) is 3.62. The van der Waals surface area contributed by atoms with Gasteiger partial charge in [0.15, 0.2) is 0 Å². The van der Waals surface area contributed by atoms with Crippen LogP contribution in [0.15, 0.2) is 22.7 Å². The van der Waals surface area contributed by atoms with Gasteiger partial charge >= 0.3 is 5.97 Å². The normalized spacial score (nSPS) is 12.5. The Morgan fingerprint density at radius 3 is 2.77 bits per heavy atom. The van der Waals surface area contributed by atoms with Crippen molar-refractivity contribution in [3.63, 3.8) is 0 Å². The zero-order valence-electron chi connectivity index (χ0n) is 7.12. The Morgan fingerprint density at radius 1 is 1.62 bits per heavy atom. The number of rotatable bonds is 2. The molecule has 0 aromatic heterocycles. The van der Waals surface area contributed by atoms with E-state index in [9.17, 15) is 4.79 Å². The molecular weight excluding hydrogens is 234 g/mol. The Hall–Kier alpha value is -0.870. The first-order chi connectivity index (χ1) is 6.04. The third-order valence-corrected chi connectivity index (χ3v) is 2.77. The standard InChI is InChI=1S/C9H10BrNO2/c1-5-6(8(11)9(12)13)3-2-4-7(5)10/h2-4,8H,11H2,1H3,(H,12,13)/t8-/m0/s1. The van der Waals surface area contributed by atoms with Gasteiger partial charge in [0, 0.05) is 4.47 Å². The van der Waals surface area contributed by atoms with Gasteiger partial charge in [0.1, 0.15) is 6.04 Å². The van der Waals surface area contributed by atoms with Gasteiger partial charge in [0.05, 0.1) is 0 Å². The van der Waals surface area contributed by atoms with Crippen molar-refractivity contribution >= 4 is 21.9 Å².